The van der Waals surface area contributed by atoms with Crippen LogP contribution in [0, 0.1) is 0 Å². The number of hydrogen-bond donors (Lipinski definition) is 1. The van der Waals surface area contributed by atoms with Gasteiger partial charge in [0.1, 0.15) is 15.7 Å². The SMILES string of the molecule is [B]C1CN(C)CC(COP(=O)(N2CCNCC2)N2CC([B])OC(COC)C2)O1. The summed E-state index contributed by atoms with van der Waals surface area (Å²) in [4.78, 5) is 2.09. The molecule has 3 heterocycles. The molecule has 0 saturated carbocycles. The van der Waals surface area contributed by atoms with Crippen molar-refractivity contribution >= 4 is 23.4 Å². The minimum atomic E-state index is -3.30. The van der Waals surface area contributed by atoms with Crippen LogP contribution < -0.4 is 5.32 Å². The highest BCUT2D eigenvalue weighted by atomic mass is 31.2. The number of morpholine rings is 2. The second-order valence-electron chi connectivity index (χ2n) is 7.63. The Balaban J connectivity index is 1.72. The number of nitrogens with zero attached hydrogens (tertiary/aromatic N) is 3. The van der Waals surface area contributed by atoms with Crippen molar-refractivity contribution in [3.05, 3.63) is 0 Å². The van der Waals surface area contributed by atoms with Crippen LogP contribution in [0.15, 0.2) is 0 Å². The van der Waals surface area contributed by atoms with Gasteiger partial charge in [-0.15, -0.1) is 0 Å². The van der Waals surface area contributed by atoms with Crippen LogP contribution in [0.5, 0.6) is 0 Å². The van der Waals surface area contributed by atoms with E-state index < -0.39 is 13.7 Å². The van der Waals surface area contributed by atoms with Gasteiger partial charge in [-0.25, -0.2) is 9.34 Å². The Bertz CT molecular complexity index is 535. The van der Waals surface area contributed by atoms with Crippen molar-refractivity contribution in [2.24, 2.45) is 0 Å². The Hall–Kier alpha value is 0.0399. The van der Waals surface area contributed by atoms with Gasteiger partial charge in [-0.1, -0.05) is 0 Å². The monoisotopic (exact) mass is 412 g/mol. The van der Waals surface area contributed by atoms with Crippen LogP contribution in [0.2, 0.25) is 0 Å². The van der Waals surface area contributed by atoms with Gasteiger partial charge in [0.2, 0.25) is 0 Å². The van der Waals surface area contributed by atoms with Crippen LogP contribution in [0.3, 0.4) is 0 Å². The van der Waals surface area contributed by atoms with Crippen molar-refractivity contribution < 1.29 is 23.3 Å². The summed E-state index contributed by atoms with van der Waals surface area (Å²) >= 11 is 0. The predicted octanol–water partition coefficient (Wildman–Crippen LogP) is -1.32. The number of rotatable bonds is 7. The lowest BCUT2D eigenvalue weighted by Crippen LogP contribution is -2.53. The van der Waals surface area contributed by atoms with Gasteiger partial charge < -0.3 is 29.0 Å². The van der Waals surface area contributed by atoms with Crippen molar-refractivity contribution in [1.82, 2.24) is 19.6 Å². The van der Waals surface area contributed by atoms with E-state index in [1.807, 2.05) is 16.4 Å². The number of hydrogen-bond acceptors (Lipinski definition) is 7. The molecule has 0 spiro atoms. The number of piperazine rings is 1. The van der Waals surface area contributed by atoms with Gasteiger partial charge >= 0.3 is 7.67 Å². The first-order valence-corrected chi connectivity index (χ1v) is 11.4. The smallest absolute Gasteiger partial charge is 0.346 e. The van der Waals surface area contributed by atoms with E-state index in [0.717, 1.165) is 13.1 Å². The molecular weight excluding hydrogens is 381 g/mol. The summed E-state index contributed by atoms with van der Waals surface area (Å²) in [6, 6.07) is -0.909. The zero-order chi connectivity index (χ0) is 20.1. The second kappa shape index (κ2) is 10.4. The van der Waals surface area contributed by atoms with Gasteiger partial charge in [0.15, 0.2) is 0 Å². The third-order valence-corrected chi connectivity index (χ3v) is 7.78. The van der Waals surface area contributed by atoms with Crippen LogP contribution in [-0.2, 0) is 23.3 Å². The Morgan fingerprint density at radius 2 is 1.64 bits per heavy atom. The first kappa shape index (κ1) is 22.7. The maximum atomic E-state index is 14.2. The molecule has 0 aliphatic carbocycles. The first-order valence-electron chi connectivity index (χ1n) is 9.86. The molecule has 156 valence electrons. The molecule has 28 heavy (non-hydrogen) atoms. The van der Waals surface area contributed by atoms with Crippen molar-refractivity contribution in [1.29, 1.82) is 0 Å². The molecule has 3 fully saturated rings. The van der Waals surface area contributed by atoms with Gasteiger partial charge in [0, 0.05) is 71.5 Å². The number of nitrogens with one attached hydrogen (secondary N) is 1. The molecule has 5 atom stereocenters. The molecule has 3 saturated heterocycles. The van der Waals surface area contributed by atoms with E-state index in [0.29, 0.717) is 45.9 Å². The zero-order valence-electron chi connectivity index (χ0n) is 16.9. The van der Waals surface area contributed by atoms with Gasteiger partial charge in [0.25, 0.3) is 0 Å². The number of likely N-dealkylation sites (N-methyl/N-ethyl adjacent to an activating group) is 1. The lowest BCUT2D eigenvalue weighted by Gasteiger charge is -2.45. The van der Waals surface area contributed by atoms with Crippen molar-refractivity contribution in [3.8, 4) is 0 Å². The van der Waals surface area contributed by atoms with E-state index in [2.05, 4.69) is 10.2 Å². The molecule has 0 bridgehead atoms. The molecule has 0 aromatic carbocycles. The Labute approximate surface area is 170 Å². The minimum Gasteiger partial charge on any atom is -0.382 e. The average molecular weight is 412 g/mol. The highest BCUT2D eigenvalue weighted by Gasteiger charge is 2.44. The molecule has 12 heteroatoms. The molecule has 3 aliphatic rings. The summed E-state index contributed by atoms with van der Waals surface area (Å²) < 4.78 is 40.8. The summed E-state index contributed by atoms with van der Waals surface area (Å²) in [5, 5.41) is 3.29. The second-order valence-corrected chi connectivity index (χ2v) is 10.0. The van der Waals surface area contributed by atoms with Crippen LogP contribution in [-0.4, -0.2) is 134 Å². The van der Waals surface area contributed by atoms with E-state index in [9.17, 15) is 4.57 Å². The fourth-order valence-electron chi connectivity index (χ4n) is 3.92. The molecule has 3 aliphatic heterocycles. The quantitative estimate of drug-likeness (QED) is 0.405. The first-order chi connectivity index (χ1) is 13.4. The van der Waals surface area contributed by atoms with E-state index in [1.165, 1.54) is 0 Å². The third-order valence-electron chi connectivity index (χ3n) is 5.14. The normalized spacial score (nSPS) is 36.2. The van der Waals surface area contributed by atoms with Gasteiger partial charge in [0.05, 0.1) is 25.4 Å². The van der Waals surface area contributed by atoms with Crippen LogP contribution in [0.1, 0.15) is 0 Å². The van der Waals surface area contributed by atoms with Gasteiger partial charge in [-0.3, -0.25) is 4.57 Å². The van der Waals surface area contributed by atoms with Crippen molar-refractivity contribution in [2.75, 3.05) is 79.7 Å². The van der Waals surface area contributed by atoms with E-state index in [4.69, 9.17) is 34.4 Å². The molecule has 4 radical (unpaired) electrons. The predicted molar refractivity (Wildman–Crippen MR) is 108 cm³/mol. The fourth-order valence-corrected chi connectivity index (χ4v) is 6.42. The zero-order valence-corrected chi connectivity index (χ0v) is 17.8. The lowest BCUT2D eigenvalue weighted by molar-refractivity contribution is -0.0734. The maximum Gasteiger partial charge on any atom is 0.346 e. The lowest BCUT2D eigenvalue weighted by atomic mass is 9.98. The minimum absolute atomic E-state index is 0.209. The van der Waals surface area contributed by atoms with Gasteiger partial charge in [-0.05, 0) is 7.05 Å². The Morgan fingerprint density at radius 1 is 1.00 bits per heavy atom. The molecule has 3 rings (SSSR count). The molecule has 0 aromatic heterocycles. The molecular formula is C16H31B2N4O5P. The third kappa shape index (κ3) is 5.80. The van der Waals surface area contributed by atoms with Crippen LogP contribution >= 0.6 is 7.67 Å². The molecule has 9 nitrogen and oxygen atoms in total. The Kier molecular flexibility index (Phi) is 8.42. The largest absolute Gasteiger partial charge is 0.382 e. The summed E-state index contributed by atoms with van der Waals surface area (Å²) in [7, 11) is 12.3. The van der Waals surface area contributed by atoms with E-state index >= 15 is 0 Å². The average Bonchev–Trinajstić information content (AvgIpc) is 2.66. The maximum absolute atomic E-state index is 14.2. The fraction of sp³-hybridized carbons (Fsp3) is 1.00. The Morgan fingerprint density at radius 3 is 2.29 bits per heavy atom. The molecule has 5 unspecified atom stereocenters. The van der Waals surface area contributed by atoms with E-state index in [1.54, 1.807) is 7.11 Å². The number of methoxy groups -OCH3 is 1. The summed E-state index contributed by atoms with van der Waals surface area (Å²) in [6.45, 7) is 5.54. The summed E-state index contributed by atoms with van der Waals surface area (Å²) in [5.74, 6) is 0. The van der Waals surface area contributed by atoms with Crippen molar-refractivity contribution in [3.63, 3.8) is 0 Å². The molecule has 0 aromatic rings. The topological polar surface area (TPSA) is 75.7 Å². The highest BCUT2D eigenvalue weighted by Crippen LogP contribution is 2.55. The number of ether oxygens (including phenoxy) is 3. The molecule has 0 amide bonds. The summed E-state index contributed by atoms with van der Waals surface area (Å²) in [6.07, 6.45) is -0.478. The highest BCUT2D eigenvalue weighted by molar-refractivity contribution is 7.54. The van der Waals surface area contributed by atoms with Crippen LogP contribution in [0.25, 0.3) is 0 Å². The standard InChI is InChI=1S/C16H31B2N4O5P/c1-20-7-13(26-15(17)9-20)12-25-28(23,21-5-3-19-4-6-21)22-8-14(11-24-2)27-16(18)10-22/h13-16,19H,3-12H2,1-2H3. The van der Waals surface area contributed by atoms with Crippen LogP contribution in [0.4, 0.5) is 0 Å². The molecule has 1 N–H and O–H groups in total. The summed E-state index contributed by atoms with van der Waals surface area (Å²) in [5.41, 5.74) is 0. The van der Waals surface area contributed by atoms with Crippen molar-refractivity contribution in [2.45, 2.75) is 24.2 Å². The van der Waals surface area contributed by atoms with Gasteiger partial charge in [-0.2, -0.15) is 0 Å². The van der Waals surface area contributed by atoms with E-state index in [-0.39, 0.29) is 24.8 Å².